The van der Waals surface area contributed by atoms with Crippen LogP contribution in [0.15, 0.2) is 42.0 Å². The summed E-state index contributed by atoms with van der Waals surface area (Å²) in [6, 6.07) is 10.0. The Balaban J connectivity index is 1.41. The van der Waals surface area contributed by atoms with Gasteiger partial charge in [0.2, 0.25) is 5.91 Å². The van der Waals surface area contributed by atoms with Gasteiger partial charge in [0, 0.05) is 18.5 Å². The van der Waals surface area contributed by atoms with Gasteiger partial charge in [-0.3, -0.25) is 9.59 Å². The van der Waals surface area contributed by atoms with E-state index in [-0.39, 0.29) is 35.4 Å². The second-order valence-electron chi connectivity index (χ2n) is 9.70. The fourth-order valence-corrected chi connectivity index (χ4v) is 6.89. The minimum absolute atomic E-state index is 0.0518. The molecule has 146 valence electrons. The highest BCUT2D eigenvalue weighted by atomic mass is 16.7. The molecular weight excluding hydrogens is 354 g/mol. The number of hydrogen-bond donors (Lipinski definition) is 0. The van der Waals surface area contributed by atoms with Crippen molar-refractivity contribution >= 4 is 11.9 Å². The monoisotopic (exact) mass is 379 g/mol. The first-order valence-corrected chi connectivity index (χ1v) is 10.3. The summed E-state index contributed by atoms with van der Waals surface area (Å²) in [5.74, 6) is 0.0725. The van der Waals surface area contributed by atoms with Crippen molar-refractivity contribution in [3.8, 4) is 0 Å². The fraction of sp³-hybridized carbons (Fsp3) is 0.565. The molecule has 1 amide bonds. The number of rotatable bonds is 2. The zero-order valence-corrected chi connectivity index (χ0v) is 16.3. The molecule has 5 aliphatic rings. The molecule has 2 saturated heterocycles. The van der Waals surface area contributed by atoms with E-state index in [9.17, 15) is 9.59 Å². The van der Waals surface area contributed by atoms with Gasteiger partial charge in [0.15, 0.2) is 0 Å². The Hall–Kier alpha value is -2.14. The van der Waals surface area contributed by atoms with Crippen LogP contribution in [0.5, 0.6) is 0 Å². The predicted molar refractivity (Wildman–Crippen MR) is 101 cm³/mol. The third-order valence-corrected chi connectivity index (χ3v) is 8.13. The molecule has 3 aliphatic heterocycles. The molecule has 28 heavy (non-hydrogen) atoms. The summed E-state index contributed by atoms with van der Waals surface area (Å²) in [5.41, 5.74) is 1.08. The molecule has 5 heteroatoms. The Labute approximate surface area is 164 Å². The van der Waals surface area contributed by atoms with E-state index in [0.717, 1.165) is 30.4 Å². The van der Waals surface area contributed by atoms with Gasteiger partial charge >= 0.3 is 5.97 Å². The van der Waals surface area contributed by atoms with Crippen LogP contribution in [-0.2, 0) is 25.6 Å². The number of nitrogens with zero attached hydrogens (tertiary/aromatic N) is 1. The van der Waals surface area contributed by atoms with Crippen LogP contribution >= 0.6 is 0 Å². The van der Waals surface area contributed by atoms with E-state index in [2.05, 4.69) is 13.8 Å². The van der Waals surface area contributed by atoms with E-state index in [0.29, 0.717) is 13.1 Å². The second kappa shape index (κ2) is 5.07. The van der Waals surface area contributed by atoms with E-state index in [1.807, 2.05) is 41.3 Å². The summed E-state index contributed by atoms with van der Waals surface area (Å²) >= 11 is 0. The zero-order valence-electron chi connectivity index (χ0n) is 16.3. The highest BCUT2D eigenvalue weighted by molar-refractivity contribution is 5.91. The number of epoxide rings is 1. The molecule has 3 heterocycles. The minimum atomic E-state index is -0.471. The van der Waals surface area contributed by atoms with Gasteiger partial charge in [0.05, 0.1) is 12.0 Å². The standard InChI is InChI=1S/C23H25NO4/c1-21-9-6-10-22(2)18(21)17(27-20(22)26)19-23(28-19)13-24(16(25)11-15(21)23)12-14-7-4-3-5-8-14/h3-5,7-8,11,17-19H,6,9-10,12-13H2,1-2H3/t17-,18+,19+,21+,22-,23-/m0/s1. The van der Waals surface area contributed by atoms with Crippen LogP contribution < -0.4 is 0 Å². The first-order chi connectivity index (χ1) is 13.4. The molecule has 1 spiro atoms. The zero-order chi connectivity index (χ0) is 19.3. The molecule has 0 aromatic heterocycles. The second-order valence-corrected chi connectivity index (χ2v) is 9.70. The number of esters is 1. The Kier molecular flexibility index (Phi) is 3.04. The molecule has 5 nitrogen and oxygen atoms in total. The highest BCUT2D eigenvalue weighted by Crippen LogP contribution is 2.71. The van der Waals surface area contributed by atoms with Crippen LogP contribution in [0.2, 0.25) is 0 Å². The van der Waals surface area contributed by atoms with Gasteiger partial charge in [-0.1, -0.05) is 43.7 Å². The molecule has 2 saturated carbocycles. The van der Waals surface area contributed by atoms with Gasteiger partial charge in [0.1, 0.15) is 17.8 Å². The number of fused-ring (bicyclic) bond motifs is 2. The Morgan fingerprint density at radius 3 is 2.64 bits per heavy atom. The maximum Gasteiger partial charge on any atom is 0.312 e. The predicted octanol–water partition coefficient (Wildman–Crippen LogP) is 2.84. The lowest BCUT2D eigenvalue weighted by Gasteiger charge is -2.53. The van der Waals surface area contributed by atoms with Crippen molar-refractivity contribution in [3.05, 3.63) is 47.5 Å². The highest BCUT2D eigenvalue weighted by Gasteiger charge is 2.80. The van der Waals surface area contributed by atoms with Crippen LogP contribution in [0.4, 0.5) is 0 Å². The van der Waals surface area contributed by atoms with Crippen molar-refractivity contribution in [2.45, 2.75) is 57.5 Å². The Morgan fingerprint density at radius 1 is 1.11 bits per heavy atom. The third-order valence-electron chi connectivity index (χ3n) is 8.13. The normalized spacial score (nSPS) is 45.6. The summed E-state index contributed by atoms with van der Waals surface area (Å²) < 4.78 is 12.3. The maximum absolute atomic E-state index is 13.0. The smallest absolute Gasteiger partial charge is 0.312 e. The summed E-state index contributed by atoms with van der Waals surface area (Å²) in [5, 5.41) is 0. The molecule has 0 radical (unpaired) electrons. The van der Waals surface area contributed by atoms with Gasteiger partial charge in [-0.05, 0) is 36.3 Å². The first-order valence-electron chi connectivity index (χ1n) is 10.3. The number of carbonyl (C=O) groups excluding carboxylic acids is 2. The summed E-state index contributed by atoms with van der Waals surface area (Å²) in [6.45, 7) is 5.41. The van der Waals surface area contributed by atoms with Crippen LogP contribution in [-0.4, -0.2) is 41.1 Å². The van der Waals surface area contributed by atoms with Gasteiger partial charge in [-0.15, -0.1) is 0 Å². The maximum atomic E-state index is 13.0. The third kappa shape index (κ3) is 1.86. The average molecular weight is 379 g/mol. The van der Waals surface area contributed by atoms with Crippen molar-refractivity contribution in [1.29, 1.82) is 0 Å². The lowest BCUT2D eigenvalue weighted by molar-refractivity contribution is -0.149. The molecular formula is C23H25NO4. The van der Waals surface area contributed by atoms with E-state index in [4.69, 9.17) is 9.47 Å². The molecule has 2 aliphatic carbocycles. The van der Waals surface area contributed by atoms with Crippen LogP contribution in [0, 0.1) is 16.7 Å². The molecule has 6 atom stereocenters. The van der Waals surface area contributed by atoms with E-state index >= 15 is 0 Å². The Morgan fingerprint density at radius 2 is 1.86 bits per heavy atom. The molecule has 0 bridgehead atoms. The van der Waals surface area contributed by atoms with Gasteiger partial charge in [-0.25, -0.2) is 0 Å². The summed E-state index contributed by atoms with van der Waals surface area (Å²) in [7, 11) is 0. The first kappa shape index (κ1) is 16.8. The molecule has 0 unspecified atom stereocenters. The lowest BCUT2D eigenvalue weighted by Crippen LogP contribution is -2.59. The van der Waals surface area contributed by atoms with Crippen LogP contribution in [0.25, 0.3) is 0 Å². The van der Waals surface area contributed by atoms with Crippen LogP contribution in [0.1, 0.15) is 38.7 Å². The molecule has 6 rings (SSSR count). The number of amides is 1. The number of ether oxygens (including phenoxy) is 2. The molecule has 0 N–H and O–H groups in total. The van der Waals surface area contributed by atoms with Crippen molar-refractivity contribution in [2.75, 3.05) is 6.54 Å². The fourth-order valence-electron chi connectivity index (χ4n) is 6.89. The van der Waals surface area contributed by atoms with Crippen molar-refractivity contribution in [2.24, 2.45) is 16.7 Å². The van der Waals surface area contributed by atoms with Crippen LogP contribution in [0.3, 0.4) is 0 Å². The van der Waals surface area contributed by atoms with E-state index in [1.165, 1.54) is 0 Å². The molecule has 1 aromatic carbocycles. The average Bonchev–Trinajstić information content (AvgIpc) is 3.31. The van der Waals surface area contributed by atoms with Crippen molar-refractivity contribution in [3.63, 3.8) is 0 Å². The number of carbonyl (C=O) groups is 2. The van der Waals surface area contributed by atoms with Crippen molar-refractivity contribution < 1.29 is 19.1 Å². The summed E-state index contributed by atoms with van der Waals surface area (Å²) in [4.78, 5) is 27.7. The quantitative estimate of drug-likeness (QED) is 0.586. The van der Waals surface area contributed by atoms with E-state index < -0.39 is 11.0 Å². The van der Waals surface area contributed by atoms with Gasteiger partial charge in [0.25, 0.3) is 0 Å². The van der Waals surface area contributed by atoms with Crippen molar-refractivity contribution in [1.82, 2.24) is 4.90 Å². The molecule has 4 fully saturated rings. The lowest BCUT2D eigenvalue weighted by atomic mass is 9.48. The topological polar surface area (TPSA) is 59.1 Å². The van der Waals surface area contributed by atoms with Gasteiger partial charge < -0.3 is 14.4 Å². The molecule has 1 aromatic rings. The van der Waals surface area contributed by atoms with E-state index in [1.54, 1.807) is 0 Å². The van der Waals surface area contributed by atoms with Gasteiger partial charge in [-0.2, -0.15) is 0 Å². The number of benzene rings is 1. The number of hydrogen-bond acceptors (Lipinski definition) is 4. The minimum Gasteiger partial charge on any atom is -0.459 e. The Bertz CT molecular complexity index is 926. The summed E-state index contributed by atoms with van der Waals surface area (Å²) in [6.07, 6.45) is 4.35. The SMILES string of the molecule is C[C@@]12CCC[C@]3(C)C4=CC(=O)N(Cc5ccccc5)C[C@]45O[C@@H]5[C@@H](OC1=O)[C@@H]23. The largest absolute Gasteiger partial charge is 0.459 e.